The summed E-state index contributed by atoms with van der Waals surface area (Å²) in [7, 11) is 1.90. The summed E-state index contributed by atoms with van der Waals surface area (Å²) in [6.45, 7) is 9.03. The SMILES string of the molecule is CC(C)[C@@H](O)CN1CCC2(CCCN(c3ccc(-c4cc(-c5cnn(C)c5)cn5ncc(C#N)c45)cn3)C2)C1. The minimum Gasteiger partial charge on any atom is -0.392 e. The van der Waals surface area contributed by atoms with Gasteiger partial charge >= 0.3 is 0 Å². The largest absolute Gasteiger partial charge is 0.392 e. The number of aryl methyl sites for hydroxylation is 1. The van der Waals surface area contributed by atoms with Crippen LogP contribution in [-0.4, -0.2) is 73.2 Å². The number of rotatable bonds is 6. The quantitative estimate of drug-likeness (QED) is 0.407. The maximum absolute atomic E-state index is 10.4. The topological polar surface area (TPSA) is 98.5 Å². The highest BCUT2D eigenvalue weighted by atomic mass is 16.3. The van der Waals surface area contributed by atoms with E-state index >= 15 is 0 Å². The van der Waals surface area contributed by atoms with Crippen LogP contribution in [0.25, 0.3) is 27.8 Å². The van der Waals surface area contributed by atoms with Crippen molar-refractivity contribution in [2.75, 3.05) is 37.6 Å². The highest BCUT2D eigenvalue weighted by molar-refractivity contribution is 5.87. The van der Waals surface area contributed by atoms with Crippen LogP contribution in [-0.2, 0) is 7.05 Å². The number of hydrogen-bond donors (Lipinski definition) is 1. The molecule has 202 valence electrons. The van der Waals surface area contributed by atoms with Crippen molar-refractivity contribution >= 4 is 11.3 Å². The zero-order valence-electron chi connectivity index (χ0n) is 23.0. The molecule has 1 unspecified atom stereocenters. The fraction of sp³-hybridized carbons (Fsp3) is 0.467. The third kappa shape index (κ3) is 4.90. The lowest BCUT2D eigenvalue weighted by atomic mass is 9.79. The van der Waals surface area contributed by atoms with Crippen LogP contribution in [0, 0.1) is 22.7 Å². The van der Waals surface area contributed by atoms with Crippen molar-refractivity contribution in [3.05, 3.63) is 54.7 Å². The van der Waals surface area contributed by atoms with Gasteiger partial charge in [0.15, 0.2) is 0 Å². The van der Waals surface area contributed by atoms with E-state index in [4.69, 9.17) is 4.98 Å². The number of aliphatic hydroxyl groups is 1. The number of nitriles is 1. The van der Waals surface area contributed by atoms with Gasteiger partial charge in [0.1, 0.15) is 11.9 Å². The molecule has 2 saturated heterocycles. The molecule has 1 spiro atoms. The Morgan fingerprint density at radius 1 is 1.03 bits per heavy atom. The zero-order chi connectivity index (χ0) is 27.1. The number of hydrogen-bond acceptors (Lipinski definition) is 7. The minimum absolute atomic E-state index is 0.263. The van der Waals surface area contributed by atoms with Gasteiger partial charge in [0.25, 0.3) is 0 Å². The van der Waals surface area contributed by atoms with E-state index in [1.54, 1.807) is 15.4 Å². The van der Waals surface area contributed by atoms with E-state index in [0.717, 1.165) is 72.7 Å². The number of fused-ring (bicyclic) bond motifs is 1. The molecule has 0 aliphatic carbocycles. The van der Waals surface area contributed by atoms with Crippen molar-refractivity contribution in [1.29, 1.82) is 5.26 Å². The van der Waals surface area contributed by atoms with Crippen LogP contribution >= 0.6 is 0 Å². The number of likely N-dealkylation sites (tertiary alicyclic amines) is 1. The van der Waals surface area contributed by atoms with Gasteiger partial charge < -0.3 is 14.9 Å². The second kappa shape index (κ2) is 10.1. The molecule has 6 heterocycles. The number of pyridine rings is 2. The van der Waals surface area contributed by atoms with Crippen LogP contribution in [0.1, 0.15) is 38.7 Å². The summed E-state index contributed by atoms with van der Waals surface area (Å²) in [5, 5.41) is 28.9. The molecule has 4 aromatic heterocycles. The average molecular weight is 525 g/mol. The molecule has 2 fully saturated rings. The Kier molecular flexibility index (Phi) is 6.61. The second-order valence-corrected chi connectivity index (χ2v) is 11.7. The highest BCUT2D eigenvalue weighted by Gasteiger charge is 2.42. The molecule has 2 atom stereocenters. The molecular formula is C30H36N8O. The molecular weight excluding hydrogens is 488 g/mol. The Bertz CT molecular complexity index is 1510. The van der Waals surface area contributed by atoms with Crippen LogP contribution < -0.4 is 4.90 Å². The van der Waals surface area contributed by atoms with Gasteiger partial charge in [-0.05, 0) is 49.9 Å². The van der Waals surface area contributed by atoms with Gasteiger partial charge in [0.05, 0.1) is 29.6 Å². The highest BCUT2D eigenvalue weighted by Crippen LogP contribution is 2.40. The third-order valence-corrected chi connectivity index (χ3v) is 8.55. The van der Waals surface area contributed by atoms with Crippen LogP contribution in [0.5, 0.6) is 0 Å². The molecule has 0 amide bonds. The molecule has 9 heteroatoms. The van der Waals surface area contributed by atoms with Crippen LogP contribution in [0.3, 0.4) is 0 Å². The average Bonchev–Trinajstić information content (AvgIpc) is 3.67. The first kappa shape index (κ1) is 25.5. The lowest BCUT2D eigenvalue weighted by Gasteiger charge is -2.41. The molecule has 0 radical (unpaired) electrons. The second-order valence-electron chi connectivity index (χ2n) is 11.7. The molecule has 1 N–H and O–H groups in total. The zero-order valence-corrected chi connectivity index (χ0v) is 23.0. The molecule has 9 nitrogen and oxygen atoms in total. The summed E-state index contributed by atoms with van der Waals surface area (Å²) in [6, 6.07) is 8.61. The number of aliphatic hydroxyl groups excluding tert-OH is 1. The van der Waals surface area contributed by atoms with Crippen molar-refractivity contribution in [2.24, 2.45) is 18.4 Å². The molecule has 0 aromatic carbocycles. The van der Waals surface area contributed by atoms with Crippen LogP contribution in [0.15, 0.2) is 49.2 Å². The molecule has 6 rings (SSSR count). The smallest absolute Gasteiger partial charge is 0.128 e. The molecule has 2 aliphatic heterocycles. The fourth-order valence-electron chi connectivity index (χ4n) is 6.28. The minimum atomic E-state index is -0.269. The van der Waals surface area contributed by atoms with E-state index in [1.807, 2.05) is 31.8 Å². The van der Waals surface area contributed by atoms with Gasteiger partial charge in [-0.1, -0.05) is 13.8 Å². The Hall–Kier alpha value is -3.74. The number of piperidine rings is 1. The lowest BCUT2D eigenvalue weighted by molar-refractivity contribution is 0.0793. The van der Waals surface area contributed by atoms with Crippen molar-refractivity contribution in [3.8, 4) is 28.3 Å². The molecule has 39 heavy (non-hydrogen) atoms. The summed E-state index contributed by atoms with van der Waals surface area (Å²) in [5.41, 5.74) is 5.43. The first-order valence-electron chi connectivity index (χ1n) is 13.9. The monoisotopic (exact) mass is 524 g/mol. The van der Waals surface area contributed by atoms with E-state index in [2.05, 4.69) is 58.1 Å². The van der Waals surface area contributed by atoms with Gasteiger partial charge in [-0.3, -0.25) is 4.68 Å². The summed E-state index contributed by atoms with van der Waals surface area (Å²) in [4.78, 5) is 9.80. The molecule has 0 saturated carbocycles. The van der Waals surface area contributed by atoms with Crippen LogP contribution in [0.4, 0.5) is 5.82 Å². The maximum atomic E-state index is 10.4. The van der Waals surface area contributed by atoms with Gasteiger partial charge in [0.2, 0.25) is 0 Å². The van der Waals surface area contributed by atoms with Crippen LogP contribution in [0.2, 0.25) is 0 Å². The number of aromatic nitrogens is 5. The summed E-state index contributed by atoms with van der Waals surface area (Å²) >= 11 is 0. The van der Waals surface area contributed by atoms with Gasteiger partial charge in [-0.2, -0.15) is 15.5 Å². The molecule has 0 bridgehead atoms. The van der Waals surface area contributed by atoms with E-state index in [1.165, 1.54) is 12.8 Å². The van der Waals surface area contributed by atoms with E-state index in [-0.39, 0.29) is 17.4 Å². The van der Waals surface area contributed by atoms with Gasteiger partial charge in [0, 0.05) is 79.5 Å². The Balaban J connectivity index is 1.26. The number of nitrogens with zero attached hydrogens (tertiary/aromatic N) is 8. The predicted octanol–water partition coefficient (Wildman–Crippen LogP) is 3.98. The molecule has 4 aromatic rings. The Morgan fingerprint density at radius 2 is 1.90 bits per heavy atom. The number of β-amino-alcohol motifs (C(OH)–C–C–N with tert-alkyl or cyclic N) is 1. The van der Waals surface area contributed by atoms with Crippen molar-refractivity contribution < 1.29 is 5.11 Å². The third-order valence-electron chi connectivity index (χ3n) is 8.55. The first-order valence-corrected chi connectivity index (χ1v) is 13.9. The van der Waals surface area contributed by atoms with E-state index in [0.29, 0.717) is 5.56 Å². The van der Waals surface area contributed by atoms with Crippen molar-refractivity contribution in [3.63, 3.8) is 0 Å². The first-order chi connectivity index (χ1) is 18.8. The standard InChI is InChI=1S/C30H36N8O/c1-21(2)27(39)18-36-10-8-30(19-36)7-4-9-37(20-30)28-6-5-22(13-32-28)26-11-23(25-15-33-35(3)16-25)17-38-29(26)24(12-31)14-34-38/h5-6,11,13-17,21,27,39H,4,7-10,18-20H2,1-3H3/t27-,30?/m0/s1. The summed E-state index contributed by atoms with van der Waals surface area (Å²) < 4.78 is 3.56. The Labute approximate surface area is 229 Å². The number of anilines is 1. The van der Waals surface area contributed by atoms with Crippen molar-refractivity contribution in [2.45, 2.75) is 39.2 Å². The van der Waals surface area contributed by atoms with Gasteiger partial charge in [-0.25, -0.2) is 9.50 Å². The summed E-state index contributed by atoms with van der Waals surface area (Å²) in [5.74, 6) is 1.28. The Morgan fingerprint density at radius 3 is 2.62 bits per heavy atom. The van der Waals surface area contributed by atoms with E-state index < -0.39 is 0 Å². The van der Waals surface area contributed by atoms with Crippen molar-refractivity contribution in [1.82, 2.24) is 29.3 Å². The van der Waals surface area contributed by atoms with E-state index in [9.17, 15) is 10.4 Å². The molecule has 2 aliphatic rings. The normalized spacial score (nSPS) is 20.8. The fourth-order valence-corrected chi connectivity index (χ4v) is 6.28. The maximum Gasteiger partial charge on any atom is 0.128 e. The van der Waals surface area contributed by atoms with Gasteiger partial charge in [-0.15, -0.1) is 0 Å². The summed E-state index contributed by atoms with van der Waals surface area (Å²) in [6.07, 6.45) is 12.6. The predicted molar refractivity (Wildman–Crippen MR) is 151 cm³/mol. The lowest BCUT2D eigenvalue weighted by Crippen LogP contribution is -2.46.